The lowest BCUT2D eigenvalue weighted by Crippen LogP contribution is -2.36. The normalized spacial score (nSPS) is 12.3. The van der Waals surface area contributed by atoms with Crippen LogP contribution in [0.4, 0.5) is 0 Å². The molecular formula is C18H21N5OS2. The molecule has 0 spiro atoms. The number of aromatic nitrogens is 3. The number of aromatic amines is 1. The van der Waals surface area contributed by atoms with Gasteiger partial charge < -0.3 is 10.2 Å². The maximum atomic E-state index is 12.5. The van der Waals surface area contributed by atoms with Crippen LogP contribution >= 0.6 is 23.6 Å². The molecule has 0 aliphatic heterocycles. The molecule has 1 unspecified atom stereocenters. The second-order valence-electron chi connectivity index (χ2n) is 6.11. The van der Waals surface area contributed by atoms with Crippen molar-refractivity contribution in [2.45, 2.75) is 12.6 Å². The molecule has 1 aromatic carbocycles. The highest BCUT2D eigenvalue weighted by molar-refractivity contribution is 7.71. The molecular weight excluding hydrogens is 366 g/mol. The van der Waals surface area contributed by atoms with Crippen LogP contribution in [0.3, 0.4) is 0 Å². The first-order valence-corrected chi connectivity index (χ1v) is 9.52. The minimum absolute atomic E-state index is 0.0944. The van der Waals surface area contributed by atoms with Gasteiger partial charge in [0.25, 0.3) is 0 Å². The van der Waals surface area contributed by atoms with Gasteiger partial charge in [-0.3, -0.25) is 14.5 Å². The molecule has 2 heterocycles. The summed E-state index contributed by atoms with van der Waals surface area (Å²) in [5, 5.41) is 12.0. The number of H-pyrrole nitrogens is 1. The van der Waals surface area contributed by atoms with Gasteiger partial charge in [0.1, 0.15) is 6.54 Å². The highest BCUT2D eigenvalue weighted by Gasteiger charge is 2.17. The molecule has 8 heteroatoms. The smallest absolute Gasteiger partial charge is 0.240 e. The Hall–Kier alpha value is -2.29. The van der Waals surface area contributed by atoms with Crippen molar-refractivity contribution < 1.29 is 4.79 Å². The monoisotopic (exact) mass is 387 g/mol. The summed E-state index contributed by atoms with van der Waals surface area (Å²) in [6.45, 7) is 0.660. The lowest BCUT2D eigenvalue weighted by atomic mass is 10.1. The first-order chi connectivity index (χ1) is 12.6. The Balaban J connectivity index is 1.68. The summed E-state index contributed by atoms with van der Waals surface area (Å²) in [7, 11) is 4.01. The van der Waals surface area contributed by atoms with Crippen molar-refractivity contribution in [3.8, 4) is 10.7 Å². The second kappa shape index (κ2) is 8.39. The van der Waals surface area contributed by atoms with Crippen LogP contribution in [0.1, 0.15) is 11.6 Å². The summed E-state index contributed by atoms with van der Waals surface area (Å²) in [5.41, 5.74) is 1.16. The van der Waals surface area contributed by atoms with Gasteiger partial charge in [0.2, 0.25) is 5.91 Å². The topological polar surface area (TPSA) is 66.0 Å². The zero-order chi connectivity index (χ0) is 18.5. The van der Waals surface area contributed by atoms with Crippen molar-refractivity contribution in [2.24, 2.45) is 0 Å². The molecule has 2 aromatic heterocycles. The predicted octanol–water partition coefficient (Wildman–Crippen LogP) is 3.09. The van der Waals surface area contributed by atoms with Crippen LogP contribution in [0.5, 0.6) is 0 Å². The van der Waals surface area contributed by atoms with E-state index in [0.717, 1.165) is 10.4 Å². The first kappa shape index (κ1) is 18.5. The molecule has 0 aliphatic rings. The number of nitrogens with one attached hydrogen (secondary N) is 2. The predicted molar refractivity (Wildman–Crippen MR) is 107 cm³/mol. The fraction of sp³-hybridized carbons (Fsp3) is 0.278. The SMILES string of the molecule is CN(C)C(CNC(=O)Cn1c(-c2cccs2)n[nH]c1=S)c1ccccc1. The van der Waals surface area contributed by atoms with Gasteiger partial charge >= 0.3 is 0 Å². The van der Waals surface area contributed by atoms with Crippen LogP contribution in [0.25, 0.3) is 10.7 Å². The van der Waals surface area contributed by atoms with Crippen molar-refractivity contribution in [1.82, 2.24) is 25.0 Å². The lowest BCUT2D eigenvalue weighted by molar-refractivity contribution is -0.121. The van der Waals surface area contributed by atoms with E-state index in [1.807, 2.05) is 49.8 Å². The average Bonchev–Trinajstić information content (AvgIpc) is 3.26. The molecule has 0 saturated carbocycles. The van der Waals surface area contributed by atoms with Gasteiger partial charge in [0.05, 0.1) is 10.9 Å². The average molecular weight is 388 g/mol. The molecule has 2 N–H and O–H groups in total. The molecule has 3 rings (SSSR count). The van der Waals surface area contributed by atoms with E-state index < -0.39 is 0 Å². The van der Waals surface area contributed by atoms with Crippen LogP contribution in [0, 0.1) is 4.77 Å². The highest BCUT2D eigenvalue weighted by atomic mass is 32.1. The Morgan fingerprint density at radius 3 is 2.73 bits per heavy atom. The highest BCUT2D eigenvalue weighted by Crippen LogP contribution is 2.22. The molecule has 1 amide bonds. The van der Waals surface area contributed by atoms with Crippen molar-refractivity contribution >= 4 is 29.5 Å². The second-order valence-corrected chi connectivity index (χ2v) is 7.44. The van der Waals surface area contributed by atoms with Crippen LogP contribution in [-0.2, 0) is 11.3 Å². The van der Waals surface area contributed by atoms with Crippen molar-refractivity contribution in [3.05, 3.63) is 58.2 Å². The van der Waals surface area contributed by atoms with Crippen molar-refractivity contribution in [3.63, 3.8) is 0 Å². The maximum Gasteiger partial charge on any atom is 0.240 e. The van der Waals surface area contributed by atoms with E-state index >= 15 is 0 Å². The zero-order valence-corrected chi connectivity index (χ0v) is 16.3. The van der Waals surface area contributed by atoms with E-state index in [9.17, 15) is 4.79 Å². The Morgan fingerprint density at radius 1 is 1.31 bits per heavy atom. The summed E-state index contributed by atoms with van der Waals surface area (Å²) >= 11 is 6.84. The van der Waals surface area contributed by atoms with Gasteiger partial charge in [0.15, 0.2) is 10.6 Å². The first-order valence-electron chi connectivity index (χ1n) is 8.23. The van der Waals surface area contributed by atoms with Gasteiger partial charge in [-0.25, -0.2) is 0 Å². The Labute approximate surface area is 161 Å². The van der Waals surface area contributed by atoms with E-state index in [-0.39, 0.29) is 18.5 Å². The molecule has 0 saturated heterocycles. The summed E-state index contributed by atoms with van der Waals surface area (Å²) in [6, 6.07) is 14.1. The van der Waals surface area contributed by atoms with E-state index in [2.05, 4.69) is 32.5 Å². The molecule has 0 fully saturated rings. The lowest BCUT2D eigenvalue weighted by Gasteiger charge is -2.25. The molecule has 3 aromatic rings. The fourth-order valence-electron chi connectivity index (χ4n) is 2.74. The van der Waals surface area contributed by atoms with Gasteiger partial charge in [0, 0.05) is 6.54 Å². The van der Waals surface area contributed by atoms with Crippen LogP contribution < -0.4 is 5.32 Å². The van der Waals surface area contributed by atoms with Crippen LogP contribution in [0.15, 0.2) is 47.8 Å². The standard InChI is InChI=1S/C18H21N5OS2/c1-22(2)14(13-7-4-3-5-8-13)11-19-16(24)12-23-17(20-21-18(23)25)15-9-6-10-26-15/h3-10,14H,11-12H2,1-2H3,(H,19,24)(H,21,25). The zero-order valence-electron chi connectivity index (χ0n) is 14.7. The molecule has 0 radical (unpaired) electrons. The van der Waals surface area contributed by atoms with Crippen LogP contribution in [0.2, 0.25) is 0 Å². The van der Waals surface area contributed by atoms with Gasteiger partial charge in [-0.1, -0.05) is 36.4 Å². The summed E-state index contributed by atoms with van der Waals surface area (Å²) in [5.74, 6) is 0.593. The summed E-state index contributed by atoms with van der Waals surface area (Å²) < 4.78 is 2.17. The number of thiophene rings is 1. The number of hydrogen-bond acceptors (Lipinski definition) is 5. The maximum absolute atomic E-state index is 12.5. The van der Waals surface area contributed by atoms with Gasteiger partial charge in [-0.05, 0) is 43.3 Å². The minimum Gasteiger partial charge on any atom is -0.353 e. The molecule has 0 aliphatic carbocycles. The number of carbonyl (C=O) groups is 1. The largest absolute Gasteiger partial charge is 0.353 e. The van der Waals surface area contributed by atoms with Crippen molar-refractivity contribution in [2.75, 3.05) is 20.6 Å². The number of amides is 1. The number of carbonyl (C=O) groups excluding carboxylic acids is 1. The van der Waals surface area contributed by atoms with Gasteiger partial charge in [-0.2, -0.15) is 5.10 Å². The number of hydrogen-bond donors (Lipinski definition) is 2. The summed E-state index contributed by atoms with van der Waals surface area (Å²) in [6.07, 6.45) is 0. The van der Waals surface area contributed by atoms with Crippen molar-refractivity contribution in [1.29, 1.82) is 0 Å². The van der Waals surface area contributed by atoms with E-state index in [4.69, 9.17) is 12.2 Å². The van der Waals surface area contributed by atoms with E-state index in [0.29, 0.717) is 17.1 Å². The fourth-order valence-corrected chi connectivity index (χ4v) is 3.66. The third-order valence-corrected chi connectivity index (χ3v) is 5.28. The number of nitrogens with zero attached hydrogens (tertiary/aromatic N) is 3. The Morgan fingerprint density at radius 2 is 2.08 bits per heavy atom. The molecule has 0 bridgehead atoms. The number of likely N-dealkylation sites (N-methyl/N-ethyl adjacent to an activating group) is 1. The quantitative estimate of drug-likeness (QED) is 0.612. The molecule has 136 valence electrons. The Kier molecular flexibility index (Phi) is 5.97. The minimum atomic E-state index is -0.0944. The van der Waals surface area contributed by atoms with E-state index in [1.165, 1.54) is 0 Å². The van der Waals surface area contributed by atoms with Gasteiger partial charge in [-0.15, -0.1) is 11.3 Å². The number of rotatable bonds is 7. The third kappa shape index (κ3) is 4.27. The molecule has 6 nitrogen and oxygen atoms in total. The Bertz CT molecular complexity index is 899. The van der Waals surface area contributed by atoms with Crippen LogP contribution in [-0.4, -0.2) is 46.2 Å². The molecule has 1 atom stereocenters. The summed E-state index contributed by atoms with van der Waals surface area (Å²) in [4.78, 5) is 15.6. The number of benzene rings is 1. The third-order valence-electron chi connectivity index (χ3n) is 4.10. The molecule has 26 heavy (non-hydrogen) atoms. The van der Waals surface area contributed by atoms with E-state index in [1.54, 1.807) is 15.9 Å².